The Bertz CT molecular complexity index is 611. The fraction of sp³-hybridized carbons (Fsp3) is 0. The molecule has 0 saturated carbocycles. The summed E-state index contributed by atoms with van der Waals surface area (Å²) in [5, 5.41) is 0. The van der Waals surface area contributed by atoms with Crippen LogP contribution in [0.15, 0.2) is 59.5 Å². The maximum atomic E-state index is 11.1. The lowest BCUT2D eigenvalue weighted by molar-refractivity contribution is 0.450. The van der Waals surface area contributed by atoms with Gasteiger partial charge in [0.15, 0.2) is 0 Å². The number of benzene rings is 2. The molecule has 0 aliphatic heterocycles. The molecule has 2 aromatic rings. The summed E-state index contributed by atoms with van der Waals surface area (Å²) in [5.41, 5.74) is 0. The van der Waals surface area contributed by atoms with Crippen molar-refractivity contribution in [3.8, 4) is 11.5 Å². The van der Waals surface area contributed by atoms with Crippen LogP contribution in [0.2, 0.25) is 0 Å². The third-order valence-electron chi connectivity index (χ3n) is 2.10. The highest BCUT2D eigenvalue weighted by atomic mass is 32.2. The Kier molecular flexibility index (Phi) is 4.43. The molecule has 0 aliphatic carbocycles. The Balaban J connectivity index is 0.00000162. The van der Waals surface area contributed by atoms with E-state index in [1.807, 2.05) is 6.07 Å². The van der Waals surface area contributed by atoms with Gasteiger partial charge in [-0.05, 0) is 24.3 Å². The third-order valence-corrected chi connectivity index (χ3v) is 2.99. The molecule has 0 atom stereocenters. The number of para-hydroxylation sites is 2. The zero-order chi connectivity index (χ0) is 12.3. The second kappa shape index (κ2) is 5.63. The average molecular weight is 267 g/mol. The molecule has 0 fully saturated rings. The first kappa shape index (κ1) is 14.2. The van der Waals surface area contributed by atoms with E-state index >= 15 is 0 Å². The van der Waals surface area contributed by atoms with E-state index in [1.165, 1.54) is 18.2 Å². The number of hydrogen-bond donors (Lipinski definition) is 2. The van der Waals surface area contributed by atoms with Crippen molar-refractivity contribution in [2.75, 3.05) is 0 Å². The van der Waals surface area contributed by atoms with E-state index in [1.54, 1.807) is 30.3 Å². The Labute approximate surface area is 105 Å². The molecule has 6 heteroatoms. The molecule has 0 bridgehead atoms. The highest BCUT2D eigenvalue weighted by Crippen LogP contribution is 2.27. The van der Waals surface area contributed by atoms with E-state index in [9.17, 15) is 8.42 Å². The lowest BCUT2D eigenvalue weighted by Crippen LogP contribution is -2.00. The van der Waals surface area contributed by atoms with Gasteiger partial charge in [0.1, 0.15) is 16.4 Å². The summed E-state index contributed by atoms with van der Waals surface area (Å²) in [6, 6.07) is 14.7. The zero-order valence-electron chi connectivity index (χ0n) is 9.48. The van der Waals surface area contributed by atoms with Gasteiger partial charge in [0.05, 0.1) is 0 Å². The molecule has 0 aliphatic rings. The molecule has 0 unspecified atom stereocenters. The SMILES string of the molecule is N.O=S(=O)(O)c1ccccc1Oc1ccccc1. The van der Waals surface area contributed by atoms with Gasteiger partial charge in [0.25, 0.3) is 10.1 Å². The van der Waals surface area contributed by atoms with Gasteiger partial charge in [0.2, 0.25) is 0 Å². The molecular weight excluding hydrogens is 254 g/mol. The monoisotopic (exact) mass is 267 g/mol. The average Bonchev–Trinajstić information content (AvgIpc) is 2.30. The predicted molar refractivity (Wildman–Crippen MR) is 67.8 cm³/mol. The fourth-order valence-corrected chi connectivity index (χ4v) is 1.98. The van der Waals surface area contributed by atoms with Gasteiger partial charge in [-0.1, -0.05) is 30.3 Å². The normalized spacial score (nSPS) is 10.5. The van der Waals surface area contributed by atoms with Crippen LogP contribution in [0.3, 0.4) is 0 Å². The highest BCUT2D eigenvalue weighted by Gasteiger charge is 2.16. The van der Waals surface area contributed by atoms with E-state index in [2.05, 4.69) is 0 Å². The van der Waals surface area contributed by atoms with Crippen LogP contribution in [0.25, 0.3) is 0 Å². The van der Waals surface area contributed by atoms with Gasteiger partial charge in [-0.3, -0.25) is 4.55 Å². The first-order chi connectivity index (χ1) is 8.07. The topological polar surface area (TPSA) is 98.6 Å². The minimum atomic E-state index is -4.28. The maximum absolute atomic E-state index is 11.1. The van der Waals surface area contributed by atoms with Crippen LogP contribution in [-0.4, -0.2) is 13.0 Å². The fourth-order valence-electron chi connectivity index (χ4n) is 1.36. The molecule has 0 radical (unpaired) electrons. The minimum Gasteiger partial charge on any atom is -0.456 e. The lowest BCUT2D eigenvalue weighted by Gasteiger charge is -2.08. The molecule has 0 aromatic heterocycles. The van der Waals surface area contributed by atoms with Crippen molar-refractivity contribution in [1.29, 1.82) is 0 Å². The van der Waals surface area contributed by atoms with Gasteiger partial charge in [-0.25, -0.2) is 0 Å². The zero-order valence-corrected chi connectivity index (χ0v) is 10.3. The summed E-state index contributed by atoms with van der Waals surface area (Å²) in [6.45, 7) is 0. The largest absolute Gasteiger partial charge is 0.456 e. The van der Waals surface area contributed by atoms with Gasteiger partial charge < -0.3 is 10.9 Å². The van der Waals surface area contributed by atoms with Crippen molar-refractivity contribution in [3.05, 3.63) is 54.6 Å². The van der Waals surface area contributed by atoms with Gasteiger partial charge in [0, 0.05) is 0 Å². The summed E-state index contributed by atoms with van der Waals surface area (Å²) in [6.07, 6.45) is 0. The van der Waals surface area contributed by atoms with E-state index in [4.69, 9.17) is 9.29 Å². The molecular formula is C12H13NO4S. The van der Waals surface area contributed by atoms with Crippen LogP contribution in [0.4, 0.5) is 0 Å². The van der Waals surface area contributed by atoms with Crippen molar-refractivity contribution in [3.63, 3.8) is 0 Å². The summed E-state index contributed by atoms with van der Waals surface area (Å²) < 4.78 is 36.7. The molecule has 2 aromatic carbocycles. The molecule has 18 heavy (non-hydrogen) atoms. The van der Waals surface area contributed by atoms with Crippen LogP contribution in [-0.2, 0) is 10.1 Å². The highest BCUT2D eigenvalue weighted by molar-refractivity contribution is 7.86. The Morgan fingerprint density at radius 1 is 0.889 bits per heavy atom. The quantitative estimate of drug-likeness (QED) is 0.833. The van der Waals surface area contributed by atoms with Crippen LogP contribution in [0.1, 0.15) is 0 Å². The molecule has 2 rings (SSSR count). The predicted octanol–water partition coefficient (Wildman–Crippen LogP) is 2.89. The Hall–Kier alpha value is -1.89. The van der Waals surface area contributed by atoms with Crippen molar-refractivity contribution in [2.24, 2.45) is 0 Å². The molecule has 96 valence electrons. The van der Waals surface area contributed by atoms with Crippen molar-refractivity contribution < 1.29 is 17.7 Å². The lowest BCUT2D eigenvalue weighted by atomic mass is 10.3. The molecule has 0 heterocycles. The van der Waals surface area contributed by atoms with Gasteiger partial charge in [-0.2, -0.15) is 8.42 Å². The van der Waals surface area contributed by atoms with Crippen LogP contribution in [0, 0.1) is 0 Å². The Morgan fingerprint density at radius 3 is 2.06 bits per heavy atom. The Morgan fingerprint density at radius 2 is 1.44 bits per heavy atom. The molecule has 0 amide bonds. The number of hydrogen-bond acceptors (Lipinski definition) is 4. The van der Waals surface area contributed by atoms with Gasteiger partial charge in [-0.15, -0.1) is 0 Å². The second-order valence-electron chi connectivity index (χ2n) is 3.34. The van der Waals surface area contributed by atoms with Crippen molar-refractivity contribution in [1.82, 2.24) is 6.15 Å². The molecule has 0 spiro atoms. The standard InChI is InChI=1S/C12H10O4S.H3N/c13-17(14,15)12-9-5-4-8-11(12)16-10-6-2-1-3-7-10;/h1-9H,(H,13,14,15);1H3. The van der Waals surface area contributed by atoms with Crippen molar-refractivity contribution >= 4 is 10.1 Å². The summed E-state index contributed by atoms with van der Waals surface area (Å²) in [7, 11) is -4.28. The smallest absolute Gasteiger partial charge is 0.298 e. The summed E-state index contributed by atoms with van der Waals surface area (Å²) in [4.78, 5) is -0.246. The van der Waals surface area contributed by atoms with E-state index in [0.717, 1.165) is 0 Å². The summed E-state index contributed by atoms with van der Waals surface area (Å²) in [5.74, 6) is 0.602. The molecule has 0 saturated heterocycles. The maximum Gasteiger partial charge on any atom is 0.298 e. The first-order valence-electron chi connectivity index (χ1n) is 4.87. The van der Waals surface area contributed by atoms with Crippen LogP contribution < -0.4 is 10.9 Å². The third kappa shape index (κ3) is 3.30. The number of ether oxygens (including phenoxy) is 1. The van der Waals surface area contributed by atoms with Crippen molar-refractivity contribution in [2.45, 2.75) is 4.90 Å². The first-order valence-corrected chi connectivity index (χ1v) is 6.31. The van der Waals surface area contributed by atoms with Gasteiger partial charge >= 0.3 is 0 Å². The van der Waals surface area contributed by atoms with Crippen LogP contribution >= 0.6 is 0 Å². The van der Waals surface area contributed by atoms with E-state index in [-0.39, 0.29) is 16.8 Å². The second-order valence-corrected chi connectivity index (χ2v) is 4.73. The van der Waals surface area contributed by atoms with E-state index < -0.39 is 10.1 Å². The summed E-state index contributed by atoms with van der Waals surface area (Å²) >= 11 is 0. The number of rotatable bonds is 3. The molecule has 5 nitrogen and oxygen atoms in total. The van der Waals surface area contributed by atoms with E-state index in [0.29, 0.717) is 5.75 Å². The minimum absolute atomic E-state index is 0. The molecule has 4 N–H and O–H groups in total. The van der Waals surface area contributed by atoms with Crippen LogP contribution in [0.5, 0.6) is 11.5 Å².